The summed E-state index contributed by atoms with van der Waals surface area (Å²) in [6.45, 7) is 8.05. The Bertz CT molecular complexity index is 539. The molecule has 2 saturated carbocycles. The predicted molar refractivity (Wildman–Crippen MR) is 92.6 cm³/mol. The number of aromatic nitrogens is 2. The maximum atomic E-state index is 13.2. The van der Waals surface area contributed by atoms with Crippen LogP contribution in [0.2, 0.25) is 0 Å². The molecule has 0 aromatic carbocycles. The summed E-state index contributed by atoms with van der Waals surface area (Å²) >= 11 is 0. The molecule has 0 atom stereocenters. The quantitative estimate of drug-likeness (QED) is 0.788. The van der Waals surface area contributed by atoms with Crippen LogP contribution in [-0.4, -0.2) is 33.2 Å². The van der Waals surface area contributed by atoms with Gasteiger partial charge in [0, 0.05) is 19.1 Å². The first kappa shape index (κ1) is 16.5. The highest BCUT2D eigenvalue weighted by molar-refractivity contribution is 5.93. The zero-order valence-electron chi connectivity index (χ0n) is 14.9. The van der Waals surface area contributed by atoms with Gasteiger partial charge < -0.3 is 4.90 Å². The first-order chi connectivity index (χ1) is 11.1. The number of hydrogen-bond donors (Lipinski definition) is 0. The van der Waals surface area contributed by atoms with Gasteiger partial charge in [-0.2, -0.15) is 5.10 Å². The van der Waals surface area contributed by atoms with Gasteiger partial charge in [-0.1, -0.05) is 33.1 Å². The summed E-state index contributed by atoms with van der Waals surface area (Å²) in [5, 5.41) is 4.63. The van der Waals surface area contributed by atoms with E-state index in [1.807, 2.05) is 10.7 Å². The second-order valence-electron chi connectivity index (χ2n) is 7.62. The normalized spacial score (nSPS) is 19.3. The minimum absolute atomic E-state index is 0.208. The summed E-state index contributed by atoms with van der Waals surface area (Å²) in [6.07, 6.45) is 8.98. The van der Waals surface area contributed by atoms with E-state index in [4.69, 9.17) is 0 Å². The van der Waals surface area contributed by atoms with E-state index in [0.29, 0.717) is 17.9 Å². The first-order valence-electron chi connectivity index (χ1n) is 9.48. The average molecular weight is 317 g/mol. The van der Waals surface area contributed by atoms with Gasteiger partial charge in [-0.15, -0.1) is 0 Å². The molecule has 0 bridgehead atoms. The van der Waals surface area contributed by atoms with E-state index < -0.39 is 0 Å². The van der Waals surface area contributed by atoms with Crippen molar-refractivity contribution in [2.45, 2.75) is 84.2 Å². The average Bonchev–Trinajstić information content (AvgIpc) is 3.30. The Kier molecular flexibility index (Phi) is 5.08. The van der Waals surface area contributed by atoms with Crippen molar-refractivity contribution in [2.75, 3.05) is 6.54 Å². The van der Waals surface area contributed by atoms with Crippen molar-refractivity contribution in [3.8, 4) is 0 Å². The van der Waals surface area contributed by atoms with E-state index in [0.717, 1.165) is 24.5 Å². The summed E-state index contributed by atoms with van der Waals surface area (Å²) in [4.78, 5) is 15.4. The van der Waals surface area contributed by atoms with Gasteiger partial charge in [-0.05, 0) is 50.5 Å². The Morgan fingerprint density at radius 3 is 2.52 bits per heavy atom. The molecular formula is C19H31N3O. The van der Waals surface area contributed by atoms with Crippen LogP contribution in [0, 0.1) is 5.92 Å². The molecule has 4 nitrogen and oxygen atoms in total. The lowest BCUT2D eigenvalue weighted by atomic mass is 9.89. The van der Waals surface area contributed by atoms with Crippen LogP contribution in [0.15, 0.2) is 6.07 Å². The Balaban J connectivity index is 1.77. The Morgan fingerprint density at radius 2 is 1.96 bits per heavy atom. The molecule has 1 aromatic heterocycles. The van der Waals surface area contributed by atoms with Crippen LogP contribution in [-0.2, 0) is 6.54 Å². The van der Waals surface area contributed by atoms with E-state index in [1.54, 1.807) is 0 Å². The minimum atomic E-state index is 0.208. The molecule has 128 valence electrons. The second kappa shape index (κ2) is 7.06. The highest BCUT2D eigenvalue weighted by atomic mass is 16.2. The summed E-state index contributed by atoms with van der Waals surface area (Å²) in [5.41, 5.74) is 1.82. The van der Waals surface area contributed by atoms with Crippen LogP contribution in [0.1, 0.15) is 87.8 Å². The molecule has 3 rings (SSSR count). The van der Waals surface area contributed by atoms with Gasteiger partial charge in [0.1, 0.15) is 5.69 Å². The minimum Gasteiger partial charge on any atom is -0.334 e. The monoisotopic (exact) mass is 317 g/mol. The molecule has 4 heteroatoms. The maximum Gasteiger partial charge on any atom is 0.272 e. The van der Waals surface area contributed by atoms with Crippen LogP contribution in [0.3, 0.4) is 0 Å². The van der Waals surface area contributed by atoms with E-state index in [1.165, 1.54) is 44.9 Å². The van der Waals surface area contributed by atoms with Crippen LogP contribution in [0.25, 0.3) is 0 Å². The molecule has 2 aliphatic rings. The van der Waals surface area contributed by atoms with Crippen molar-refractivity contribution in [2.24, 2.45) is 5.92 Å². The lowest BCUT2D eigenvalue weighted by molar-refractivity contribution is 0.0686. The molecule has 0 spiro atoms. The van der Waals surface area contributed by atoms with E-state index >= 15 is 0 Å². The lowest BCUT2D eigenvalue weighted by Crippen LogP contribution is -2.38. The van der Waals surface area contributed by atoms with Crippen molar-refractivity contribution in [1.82, 2.24) is 14.7 Å². The molecule has 2 fully saturated rings. The molecule has 0 radical (unpaired) electrons. The Morgan fingerprint density at radius 1 is 1.26 bits per heavy atom. The third-order valence-electron chi connectivity index (χ3n) is 5.34. The van der Waals surface area contributed by atoms with E-state index in [-0.39, 0.29) is 5.91 Å². The van der Waals surface area contributed by atoms with Crippen molar-refractivity contribution in [1.29, 1.82) is 0 Å². The smallest absolute Gasteiger partial charge is 0.272 e. The van der Waals surface area contributed by atoms with Crippen LogP contribution in [0.4, 0.5) is 0 Å². The van der Waals surface area contributed by atoms with Gasteiger partial charge in [0.15, 0.2) is 0 Å². The molecular weight excluding hydrogens is 286 g/mol. The topological polar surface area (TPSA) is 38.1 Å². The Labute approximate surface area is 140 Å². The number of nitrogens with zero attached hydrogens (tertiary/aromatic N) is 3. The van der Waals surface area contributed by atoms with Crippen molar-refractivity contribution >= 4 is 5.91 Å². The highest BCUT2D eigenvalue weighted by Gasteiger charge is 2.36. The predicted octanol–water partition coefficient (Wildman–Crippen LogP) is 4.21. The zero-order chi connectivity index (χ0) is 16.4. The number of aryl methyl sites for hydroxylation is 1. The molecule has 1 amide bonds. The summed E-state index contributed by atoms with van der Waals surface area (Å²) in [7, 11) is 0. The van der Waals surface area contributed by atoms with Gasteiger partial charge in [-0.3, -0.25) is 9.48 Å². The fraction of sp³-hybridized carbons (Fsp3) is 0.789. The number of amides is 1. The van der Waals surface area contributed by atoms with Crippen LogP contribution >= 0.6 is 0 Å². The fourth-order valence-corrected chi connectivity index (χ4v) is 3.71. The largest absolute Gasteiger partial charge is 0.334 e. The van der Waals surface area contributed by atoms with Crippen LogP contribution < -0.4 is 0 Å². The van der Waals surface area contributed by atoms with E-state index in [2.05, 4.69) is 30.8 Å². The lowest BCUT2D eigenvalue weighted by Gasteiger charge is -2.30. The molecule has 2 aliphatic carbocycles. The maximum absolute atomic E-state index is 13.2. The molecule has 1 heterocycles. The number of hydrogen-bond acceptors (Lipinski definition) is 2. The third-order valence-corrected chi connectivity index (χ3v) is 5.34. The zero-order valence-corrected chi connectivity index (χ0v) is 14.9. The number of carbonyl (C=O) groups is 1. The van der Waals surface area contributed by atoms with Gasteiger partial charge in [0.05, 0.1) is 5.69 Å². The first-order valence-corrected chi connectivity index (χ1v) is 9.48. The van der Waals surface area contributed by atoms with Crippen LogP contribution in [0.5, 0.6) is 0 Å². The van der Waals surface area contributed by atoms with Crippen molar-refractivity contribution in [3.05, 3.63) is 17.5 Å². The molecule has 0 unspecified atom stereocenters. The molecule has 23 heavy (non-hydrogen) atoms. The van der Waals surface area contributed by atoms with Crippen molar-refractivity contribution in [3.63, 3.8) is 0 Å². The highest BCUT2D eigenvalue weighted by Crippen LogP contribution is 2.32. The van der Waals surface area contributed by atoms with Gasteiger partial charge in [-0.25, -0.2) is 0 Å². The summed E-state index contributed by atoms with van der Waals surface area (Å²) in [6, 6.07) is 2.50. The van der Waals surface area contributed by atoms with Gasteiger partial charge >= 0.3 is 0 Å². The molecule has 1 aromatic rings. The van der Waals surface area contributed by atoms with Gasteiger partial charge in [0.2, 0.25) is 0 Å². The number of rotatable bonds is 6. The summed E-state index contributed by atoms with van der Waals surface area (Å²) < 4.78 is 1.90. The van der Waals surface area contributed by atoms with Gasteiger partial charge in [0.25, 0.3) is 5.91 Å². The SMILES string of the molecule is CCn1nc(C(C)C)cc1C(=O)N(CC1CCCCC1)C1CC1. The summed E-state index contributed by atoms with van der Waals surface area (Å²) in [5.74, 6) is 1.28. The number of carbonyl (C=O) groups excluding carboxylic acids is 1. The second-order valence-corrected chi connectivity index (χ2v) is 7.62. The van der Waals surface area contributed by atoms with Crippen molar-refractivity contribution < 1.29 is 4.79 Å². The molecule has 0 aliphatic heterocycles. The fourth-order valence-electron chi connectivity index (χ4n) is 3.71. The van der Waals surface area contributed by atoms with E-state index in [9.17, 15) is 4.79 Å². The standard InChI is InChI=1S/C19H31N3O/c1-4-22-18(12-17(20-22)14(2)3)19(23)21(16-10-11-16)13-15-8-6-5-7-9-15/h12,14-16H,4-11,13H2,1-3H3. The third kappa shape index (κ3) is 3.78. The molecule has 0 saturated heterocycles. The molecule has 0 N–H and O–H groups in total. The Hall–Kier alpha value is -1.32.